The molecule has 0 amide bonds. The van der Waals surface area contributed by atoms with Crippen molar-refractivity contribution in [3.63, 3.8) is 0 Å². The van der Waals surface area contributed by atoms with Gasteiger partial charge >= 0.3 is 0 Å². The molecule has 3 rings (SSSR count). The summed E-state index contributed by atoms with van der Waals surface area (Å²) in [6.45, 7) is 3.26. The smallest absolute Gasteiger partial charge is 0.0704 e. The molecule has 1 aliphatic heterocycles. The summed E-state index contributed by atoms with van der Waals surface area (Å²) in [5.74, 6) is 1.32. The van der Waals surface area contributed by atoms with E-state index < -0.39 is 0 Å². The van der Waals surface area contributed by atoms with Gasteiger partial charge in [0.25, 0.3) is 0 Å². The van der Waals surface area contributed by atoms with Crippen molar-refractivity contribution in [2.75, 3.05) is 12.3 Å². The maximum absolute atomic E-state index is 4.48. The normalized spacial score (nSPS) is 20.5. The van der Waals surface area contributed by atoms with E-state index in [4.69, 9.17) is 0 Å². The third kappa shape index (κ3) is 3.58. The van der Waals surface area contributed by atoms with Gasteiger partial charge in [-0.1, -0.05) is 31.5 Å². The molecular weight excluding hydrogens is 276 g/mol. The Morgan fingerprint density at radius 3 is 3.00 bits per heavy atom. The molecular formula is C18H24N2S. The van der Waals surface area contributed by atoms with Crippen LogP contribution in [0.25, 0.3) is 10.9 Å². The Kier molecular flexibility index (Phi) is 5.15. The molecule has 21 heavy (non-hydrogen) atoms. The molecule has 1 N–H and O–H groups in total. The van der Waals surface area contributed by atoms with Crippen molar-refractivity contribution in [2.45, 2.75) is 43.9 Å². The van der Waals surface area contributed by atoms with E-state index in [-0.39, 0.29) is 0 Å². The Morgan fingerprint density at radius 2 is 2.19 bits per heavy atom. The van der Waals surface area contributed by atoms with Gasteiger partial charge in [-0.2, -0.15) is 11.8 Å². The summed E-state index contributed by atoms with van der Waals surface area (Å²) in [7, 11) is 0. The predicted molar refractivity (Wildman–Crippen MR) is 93.0 cm³/mol. The second kappa shape index (κ2) is 7.28. The molecule has 2 nitrogen and oxygen atoms in total. The number of hydrogen-bond donors (Lipinski definition) is 1. The highest BCUT2D eigenvalue weighted by Gasteiger charge is 2.24. The van der Waals surface area contributed by atoms with E-state index in [0.29, 0.717) is 6.04 Å². The molecule has 1 fully saturated rings. The fraction of sp³-hybridized carbons (Fsp3) is 0.500. The second-order valence-electron chi connectivity index (χ2n) is 5.76. The Hall–Kier alpha value is -1.06. The van der Waals surface area contributed by atoms with Crippen LogP contribution in [-0.4, -0.2) is 28.6 Å². The summed E-state index contributed by atoms with van der Waals surface area (Å²) >= 11 is 2.16. The molecule has 0 bridgehead atoms. The summed E-state index contributed by atoms with van der Waals surface area (Å²) in [6.07, 6.45) is 7.18. The van der Waals surface area contributed by atoms with E-state index in [1.54, 1.807) is 0 Å². The third-order valence-corrected chi connectivity index (χ3v) is 5.83. The summed E-state index contributed by atoms with van der Waals surface area (Å²) in [4.78, 5) is 4.48. The van der Waals surface area contributed by atoms with Crippen molar-refractivity contribution in [3.05, 3.63) is 42.1 Å². The van der Waals surface area contributed by atoms with Gasteiger partial charge in [0, 0.05) is 22.9 Å². The number of nitrogens with one attached hydrogen (secondary N) is 1. The van der Waals surface area contributed by atoms with Crippen molar-refractivity contribution in [1.82, 2.24) is 10.3 Å². The lowest BCUT2D eigenvalue weighted by molar-refractivity contribution is 0.473. The maximum Gasteiger partial charge on any atom is 0.0704 e. The molecule has 0 spiro atoms. The zero-order valence-electron chi connectivity index (χ0n) is 12.7. The molecule has 112 valence electrons. The van der Waals surface area contributed by atoms with Crippen LogP contribution in [0.3, 0.4) is 0 Å². The van der Waals surface area contributed by atoms with E-state index in [9.17, 15) is 0 Å². The zero-order valence-corrected chi connectivity index (χ0v) is 13.5. The lowest BCUT2D eigenvalue weighted by Crippen LogP contribution is -2.41. The molecule has 0 radical (unpaired) electrons. The van der Waals surface area contributed by atoms with Gasteiger partial charge in [0.1, 0.15) is 0 Å². The molecule has 2 atom stereocenters. The standard InChI is InChI=1S/C18H24N2S/c1-2-19-17(18-9-5-6-12-21-18)13-14-10-11-20-16-8-4-3-7-15(14)16/h3-4,7-8,10-11,17-19H,2,5-6,9,12-13H2,1H3. The minimum Gasteiger partial charge on any atom is -0.313 e. The average molecular weight is 300 g/mol. The van der Waals surface area contributed by atoms with Crippen LogP contribution in [0.1, 0.15) is 31.7 Å². The van der Waals surface area contributed by atoms with E-state index in [1.807, 2.05) is 6.20 Å². The van der Waals surface area contributed by atoms with Crippen LogP contribution in [0, 0.1) is 0 Å². The number of thioether (sulfide) groups is 1. The number of hydrogen-bond acceptors (Lipinski definition) is 3. The zero-order chi connectivity index (χ0) is 14.5. The van der Waals surface area contributed by atoms with Gasteiger partial charge in [-0.3, -0.25) is 4.98 Å². The summed E-state index contributed by atoms with van der Waals surface area (Å²) in [5.41, 5.74) is 2.54. The van der Waals surface area contributed by atoms with Crippen molar-refractivity contribution < 1.29 is 0 Å². The first-order chi connectivity index (χ1) is 10.4. The first-order valence-corrected chi connectivity index (χ1v) is 9.11. The molecule has 2 heterocycles. The number of para-hydroxylation sites is 1. The number of aromatic nitrogens is 1. The molecule has 1 saturated heterocycles. The van der Waals surface area contributed by atoms with Gasteiger partial charge < -0.3 is 5.32 Å². The van der Waals surface area contributed by atoms with Crippen LogP contribution < -0.4 is 5.32 Å². The largest absolute Gasteiger partial charge is 0.313 e. The van der Waals surface area contributed by atoms with E-state index in [0.717, 1.165) is 23.7 Å². The summed E-state index contributed by atoms with van der Waals surface area (Å²) in [6, 6.07) is 11.3. The highest BCUT2D eigenvalue weighted by atomic mass is 32.2. The molecule has 2 aromatic rings. The molecule has 0 aliphatic carbocycles. The number of rotatable bonds is 5. The van der Waals surface area contributed by atoms with Gasteiger partial charge in [0.15, 0.2) is 0 Å². The van der Waals surface area contributed by atoms with Crippen LogP contribution in [-0.2, 0) is 6.42 Å². The lowest BCUT2D eigenvalue weighted by Gasteiger charge is -2.30. The fourth-order valence-corrected chi connectivity index (χ4v) is 4.68. The van der Waals surface area contributed by atoms with E-state index >= 15 is 0 Å². The van der Waals surface area contributed by atoms with Crippen LogP contribution in [0.5, 0.6) is 0 Å². The highest BCUT2D eigenvalue weighted by Crippen LogP contribution is 2.30. The molecule has 1 aliphatic rings. The minimum absolute atomic E-state index is 0.575. The first kappa shape index (κ1) is 14.9. The van der Waals surface area contributed by atoms with Gasteiger partial charge in [-0.05, 0) is 49.3 Å². The molecule has 3 heteroatoms. The monoisotopic (exact) mass is 300 g/mol. The topological polar surface area (TPSA) is 24.9 Å². The number of fused-ring (bicyclic) bond motifs is 1. The number of benzene rings is 1. The number of likely N-dealkylation sites (N-methyl/N-ethyl adjacent to an activating group) is 1. The number of pyridine rings is 1. The minimum atomic E-state index is 0.575. The molecule has 0 saturated carbocycles. The van der Waals surface area contributed by atoms with Crippen LogP contribution in [0.4, 0.5) is 0 Å². The Labute approximate surface area is 131 Å². The third-order valence-electron chi connectivity index (χ3n) is 4.31. The average Bonchev–Trinajstić information content (AvgIpc) is 2.55. The Bertz CT molecular complexity index is 573. The van der Waals surface area contributed by atoms with Gasteiger partial charge in [0.05, 0.1) is 5.52 Å². The fourth-order valence-electron chi connectivity index (χ4n) is 3.25. The summed E-state index contributed by atoms with van der Waals surface area (Å²) < 4.78 is 0. The first-order valence-electron chi connectivity index (χ1n) is 8.06. The van der Waals surface area contributed by atoms with E-state index in [1.165, 1.54) is 36.0 Å². The molecule has 2 unspecified atom stereocenters. The number of nitrogens with zero attached hydrogens (tertiary/aromatic N) is 1. The van der Waals surface area contributed by atoms with Crippen LogP contribution in [0.15, 0.2) is 36.5 Å². The van der Waals surface area contributed by atoms with Crippen molar-refractivity contribution in [3.8, 4) is 0 Å². The quantitative estimate of drug-likeness (QED) is 0.902. The van der Waals surface area contributed by atoms with Crippen molar-refractivity contribution >= 4 is 22.7 Å². The van der Waals surface area contributed by atoms with Gasteiger partial charge in [-0.25, -0.2) is 0 Å². The second-order valence-corrected chi connectivity index (χ2v) is 7.11. The highest BCUT2D eigenvalue weighted by molar-refractivity contribution is 8.00. The lowest BCUT2D eigenvalue weighted by atomic mass is 9.97. The molecule has 1 aromatic heterocycles. The van der Waals surface area contributed by atoms with Crippen LogP contribution >= 0.6 is 11.8 Å². The van der Waals surface area contributed by atoms with Crippen molar-refractivity contribution in [1.29, 1.82) is 0 Å². The predicted octanol–water partition coefficient (Wildman–Crippen LogP) is 4.04. The van der Waals surface area contributed by atoms with Gasteiger partial charge in [-0.15, -0.1) is 0 Å². The molecule has 1 aromatic carbocycles. The maximum atomic E-state index is 4.48. The van der Waals surface area contributed by atoms with Crippen LogP contribution in [0.2, 0.25) is 0 Å². The van der Waals surface area contributed by atoms with E-state index in [2.05, 4.69) is 59.3 Å². The van der Waals surface area contributed by atoms with Crippen molar-refractivity contribution in [2.24, 2.45) is 0 Å². The SMILES string of the molecule is CCNC(Cc1ccnc2ccccc12)C1CCCCS1. The van der Waals surface area contributed by atoms with Gasteiger partial charge in [0.2, 0.25) is 0 Å². The Balaban J connectivity index is 1.83. The Morgan fingerprint density at radius 1 is 1.29 bits per heavy atom. The summed E-state index contributed by atoms with van der Waals surface area (Å²) in [5, 5.41) is 5.79.